The van der Waals surface area contributed by atoms with Crippen molar-refractivity contribution in [2.75, 3.05) is 6.61 Å². The van der Waals surface area contributed by atoms with Crippen LogP contribution in [0.15, 0.2) is 40.2 Å². The topological polar surface area (TPSA) is 29.5 Å². The van der Waals surface area contributed by atoms with E-state index in [1.54, 1.807) is 11.3 Å². The molecule has 0 aliphatic heterocycles. The number of rotatable bonds is 4. The van der Waals surface area contributed by atoms with Gasteiger partial charge in [0.1, 0.15) is 6.61 Å². The molecule has 0 radical (unpaired) electrons. The van der Waals surface area contributed by atoms with Crippen LogP contribution in [0.1, 0.15) is 16.0 Å². The van der Waals surface area contributed by atoms with Crippen LogP contribution in [0.4, 0.5) is 0 Å². The lowest BCUT2D eigenvalue weighted by molar-refractivity contribution is 0.109. The maximum atomic E-state index is 8.70. The molecule has 0 atom stereocenters. The monoisotopic (exact) mass is 336 g/mol. The van der Waals surface area contributed by atoms with E-state index in [4.69, 9.17) is 9.84 Å². The molecule has 0 bridgehead atoms. The number of aliphatic hydroxyl groups is 1. The quantitative estimate of drug-likeness (QED) is 0.865. The Morgan fingerprint density at radius 3 is 2.95 bits per heavy atom. The van der Waals surface area contributed by atoms with Crippen LogP contribution in [-0.2, 0) is 18.0 Å². The number of thiophene rings is 1. The van der Waals surface area contributed by atoms with E-state index in [1.165, 1.54) is 0 Å². The van der Waals surface area contributed by atoms with Gasteiger partial charge in [-0.1, -0.05) is 39.9 Å². The molecule has 0 saturated carbocycles. The Morgan fingerprint density at radius 1 is 1.26 bits per heavy atom. The lowest BCUT2D eigenvalue weighted by Crippen LogP contribution is -1.94. The number of benzene rings is 1. The molecule has 2 nitrogen and oxygen atoms in total. The zero-order valence-corrected chi connectivity index (χ0v) is 12.6. The molecule has 1 aromatic heterocycles. The molecule has 19 heavy (non-hydrogen) atoms. The van der Waals surface area contributed by atoms with Crippen molar-refractivity contribution in [3.8, 4) is 11.8 Å². The zero-order chi connectivity index (χ0) is 13.5. The molecule has 1 heterocycles. The van der Waals surface area contributed by atoms with Crippen molar-refractivity contribution in [3.63, 3.8) is 0 Å². The van der Waals surface area contributed by atoms with Gasteiger partial charge in [-0.25, -0.2) is 0 Å². The summed E-state index contributed by atoms with van der Waals surface area (Å²) in [4.78, 5) is 1.09. The molecule has 2 rings (SSSR count). The van der Waals surface area contributed by atoms with Crippen molar-refractivity contribution < 1.29 is 9.84 Å². The summed E-state index contributed by atoms with van der Waals surface area (Å²) in [7, 11) is 0. The Balaban J connectivity index is 1.91. The van der Waals surface area contributed by atoms with Gasteiger partial charge in [0.25, 0.3) is 0 Å². The number of halogens is 1. The van der Waals surface area contributed by atoms with Gasteiger partial charge in [0.2, 0.25) is 0 Å². The fourth-order valence-electron chi connectivity index (χ4n) is 1.59. The second kappa shape index (κ2) is 7.46. The van der Waals surface area contributed by atoms with Gasteiger partial charge in [-0.2, -0.15) is 0 Å². The summed E-state index contributed by atoms with van der Waals surface area (Å²) in [5.74, 6) is 5.58. The molecule has 1 N–H and O–H groups in total. The van der Waals surface area contributed by atoms with E-state index in [1.807, 2.05) is 35.7 Å². The summed E-state index contributed by atoms with van der Waals surface area (Å²) in [5, 5.41) is 10.7. The van der Waals surface area contributed by atoms with Gasteiger partial charge in [-0.05, 0) is 29.1 Å². The summed E-state index contributed by atoms with van der Waals surface area (Å²) in [6.07, 6.45) is 0. The largest absolute Gasteiger partial charge is 0.384 e. The highest BCUT2D eigenvalue weighted by Gasteiger charge is 2.02. The first-order valence-electron chi connectivity index (χ1n) is 5.78. The molecule has 0 saturated heterocycles. The van der Waals surface area contributed by atoms with Crippen molar-refractivity contribution in [3.05, 3.63) is 56.2 Å². The number of hydrogen-bond acceptors (Lipinski definition) is 3. The summed E-state index contributed by atoms with van der Waals surface area (Å²) < 4.78 is 6.75. The number of aliphatic hydroxyl groups excluding tert-OH is 1. The van der Waals surface area contributed by atoms with E-state index in [2.05, 4.69) is 27.8 Å². The van der Waals surface area contributed by atoms with Crippen LogP contribution >= 0.6 is 27.3 Å². The maximum absolute atomic E-state index is 8.70. The lowest BCUT2D eigenvalue weighted by Gasteiger charge is -2.04. The molecule has 0 unspecified atom stereocenters. The first-order valence-corrected chi connectivity index (χ1v) is 7.45. The van der Waals surface area contributed by atoms with Crippen LogP contribution in [-0.4, -0.2) is 11.7 Å². The van der Waals surface area contributed by atoms with Crippen LogP contribution in [0, 0.1) is 11.8 Å². The molecule has 98 valence electrons. The molecule has 1 aromatic carbocycles. The van der Waals surface area contributed by atoms with Crippen molar-refractivity contribution >= 4 is 27.3 Å². The Hall–Kier alpha value is -1.12. The van der Waals surface area contributed by atoms with Gasteiger partial charge in [0.05, 0.1) is 13.2 Å². The highest BCUT2D eigenvalue weighted by Crippen LogP contribution is 2.18. The molecule has 0 spiro atoms. The molecular formula is C15H13BrO2S. The fraction of sp³-hybridized carbons (Fsp3) is 0.200. The van der Waals surface area contributed by atoms with Crippen molar-refractivity contribution in [1.29, 1.82) is 0 Å². The third-order valence-corrected chi connectivity index (χ3v) is 3.83. The van der Waals surface area contributed by atoms with Gasteiger partial charge in [-0.15, -0.1) is 11.3 Å². The smallest absolute Gasteiger partial charge is 0.104 e. The van der Waals surface area contributed by atoms with Crippen molar-refractivity contribution in [2.45, 2.75) is 13.2 Å². The summed E-state index contributed by atoms with van der Waals surface area (Å²) in [5.41, 5.74) is 2.07. The van der Waals surface area contributed by atoms with Gasteiger partial charge in [0.15, 0.2) is 0 Å². The van der Waals surface area contributed by atoms with Crippen LogP contribution in [0.25, 0.3) is 0 Å². The molecule has 0 amide bonds. The summed E-state index contributed by atoms with van der Waals surface area (Å²) in [6, 6.07) is 10.0. The first kappa shape index (κ1) is 14.3. The minimum Gasteiger partial charge on any atom is -0.384 e. The van der Waals surface area contributed by atoms with E-state index in [-0.39, 0.29) is 6.61 Å². The minimum atomic E-state index is -0.117. The van der Waals surface area contributed by atoms with Crippen molar-refractivity contribution in [1.82, 2.24) is 0 Å². The molecule has 2 aromatic rings. The normalized spacial score (nSPS) is 10.0. The average molecular weight is 337 g/mol. The SMILES string of the molecule is OCC#Cc1ccsc1COCc1cccc(Br)c1. The Labute approximate surface area is 125 Å². The molecular weight excluding hydrogens is 324 g/mol. The third-order valence-electron chi connectivity index (χ3n) is 2.44. The predicted molar refractivity (Wildman–Crippen MR) is 80.9 cm³/mol. The fourth-order valence-corrected chi connectivity index (χ4v) is 2.80. The van der Waals surface area contributed by atoms with E-state index in [0.29, 0.717) is 13.2 Å². The minimum absolute atomic E-state index is 0.117. The van der Waals surface area contributed by atoms with Crippen LogP contribution < -0.4 is 0 Å². The Bertz CT molecular complexity index is 595. The molecule has 0 aliphatic rings. The molecule has 0 fully saturated rings. The number of hydrogen-bond donors (Lipinski definition) is 1. The second-order valence-electron chi connectivity index (χ2n) is 3.84. The van der Waals surface area contributed by atoms with Crippen molar-refractivity contribution in [2.24, 2.45) is 0 Å². The maximum Gasteiger partial charge on any atom is 0.104 e. The van der Waals surface area contributed by atoms with Gasteiger partial charge >= 0.3 is 0 Å². The number of ether oxygens (including phenoxy) is 1. The highest BCUT2D eigenvalue weighted by molar-refractivity contribution is 9.10. The highest BCUT2D eigenvalue weighted by atomic mass is 79.9. The zero-order valence-electron chi connectivity index (χ0n) is 10.2. The van der Waals surface area contributed by atoms with Gasteiger partial charge in [0, 0.05) is 14.9 Å². The third kappa shape index (κ3) is 4.48. The second-order valence-corrected chi connectivity index (χ2v) is 5.76. The Morgan fingerprint density at radius 2 is 2.16 bits per heavy atom. The summed E-state index contributed by atoms with van der Waals surface area (Å²) >= 11 is 5.06. The van der Waals surface area contributed by atoms with Gasteiger partial charge in [-0.3, -0.25) is 0 Å². The van der Waals surface area contributed by atoms with Gasteiger partial charge < -0.3 is 9.84 Å². The van der Waals surface area contributed by atoms with E-state index in [9.17, 15) is 0 Å². The lowest BCUT2D eigenvalue weighted by atomic mass is 10.2. The Kier molecular flexibility index (Phi) is 5.62. The average Bonchev–Trinajstić information content (AvgIpc) is 2.84. The molecule has 4 heteroatoms. The molecule has 0 aliphatic carbocycles. The van der Waals surface area contributed by atoms with Crippen LogP contribution in [0.3, 0.4) is 0 Å². The van der Waals surface area contributed by atoms with E-state index >= 15 is 0 Å². The van der Waals surface area contributed by atoms with Crippen LogP contribution in [0.2, 0.25) is 0 Å². The van der Waals surface area contributed by atoms with E-state index < -0.39 is 0 Å². The predicted octanol–water partition coefficient (Wildman–Crippen LogP) is 3.57. The summed E-state index contributed by atoms with van der Waals surface area (Å²) in [6.45, 7) is 0.998. The van der Waals surface area contributed by atoms with Crippen LogP contribution in [0.5, 0.6) is 0 Å². The standard InChI is InChI=1S/C15H13BrO2S/c16-14-5-1-3-12(9-14)10-18-11-15-13(4-2-7-17)6-8-19-15/h1,3,5-6,8-9,17H,7,10-11H2. The first-order chi connectivity index (χ1) is 9.29. The van der Waals surface area contributed by atoms with E-state index in [0.717, 1.165) is 20.5 Å².